The Bertz CT molecular complexity index is 778. The van der Waals surface area contributed by atoms with E-state index >= 15 is 0 Å². The first-order valence-electron chi connectivity index (χ1n) is 6.80. The van der Waals surface area contributed by atoms with Gasteiger partial charge in [0.25, 0.3) is 11.8 Å². The quantitative estimate of drug-likeness (QED) is 0.786. The van der Waals surface area contributed by atoms with Gasteiger partial charge in [-0.3, -0.25) is 0 Å². The molecule has 108 valence electrons. The van der Waals surface area contributed by atoms with E-state index in [0.29, 0.717) is 16.9 Å². The van der Waals surface area contributed by atoms with Crippen LogP contribution in [0.25, 0.3) is 20.9 Å². The summed E-state index contributed by atoms with van der Waals surface area (Å²) in [6.45, 7) is 3.65. The van der Waals surface area contributed by atoms with Crippen molar-refractivity contribution in [2.24, 2.45) is 0 Å². The van der Waals surface area contributed by atoms with Crippen LogP contribution in [0.4, 0.5) is 5.95 Å². The third kappa shape index (κ3) is 2.29. The monoisotopic (exact) mass is 320 g/mol. The number of fused-ring (bicyclic) bond motifs is 1. The highest BCUT2D eigenvalue weighted by molar-refractivity contribution is 7.23. The average Bonchev–Trinajstić information content (AvgIpc) is 3.14. The molecule has 0 unspecified atom stereocenters. The van der Waals surface area contributed by atoms with Gasteiger partial charge in [-0.15, -0.1) is 11.3 Å². The Morgan fingerprint density at radius 2 is 2.05 bits per heavy atom. The van der Waals surface area contributed by atoms with Crippen molar-refractivity contribution in [2.75, 3.05) is 31.1 Å². The maximum Gasteiger partial charge on any atom is 0.271 e. The molecule has 21 heavy (non-hydrogen) atoms. The van der Waals surface area contributed by atoms with E-state index in [2.05, 4.69) is 20.4 Å². The predicted octanol–water partition coefficient (Wildman–Crippen LogP) is 3.01. The summed E-state index contributed by atoms with van der Waals surface area (Å²) in [6.07, 6.45) is 0. The van der Waals surface area contributed by atoms with Crippen molar-refractivity contribution in [1.82, 2.24) is 15.5 Å². The summed E-state index contributed by atoms with van der Waals surface area (Å²) in [5.41, 5.74) is 0. The zero-order chi connectivity index (χ0) is 14.2. The second-order valence-electron chi connectivity index (χ2n) is 4.88. The number of rotatable bonds is 2. The number of thiophene rings is 1. The third-order valence-corrected chi connectivity index (χ3v) is 5.21. The Morgan fingerprint density at radius 1 is 1.24 bits per heavy atom. The van der Waals surface area contributed by atoms with Crippen molar-refractivity contribution in [3.63, 3.8) is 0 Å². The van der Waals surface area contributed by atoms with Gasteiger partial charge in [-0.2, -0.15) is 4.98 Å². The molecule has 0 radical (unpaired) electrons. The highest BCUT2D eigenvalue weighted by atomic mass is 35.5. The van der Waals surface area contributed by atoms with Gasteiger partial charge >= 0.3 is 0 Å². The van der Waals surface area contributed by atoms with Crippen LogP contribution >= 0.6 is 22.9 Å². The number of hydrogen-bond donors (Lipinski definition) is 1. The Kier molecular flexibility index (Phi) is 3.29. The molecular formula is C14H13ClN4OS. The summed E-state index contributed by atoms with van der Waals surface area (Å²) in [5, 5.41) is 9.11. The molecule has 1 aliphatic heterocycles. The minimum atomic E-state index is 0.495. The molecule has 1 aromatic carbocycles. The van der Waals surface area contributed by atoms with Crippen LogP contribution in [0.3, 0.4) is 0 Å². The van der Waals surface area contributed by atoms with E-state index in [9.17, 15) is 0 Å². The van der Waals surface area contributed by atoms with Crippen LogP contribution in [0.1, 0.15) is 0 Å². The van der Waals surface area contributed by atoms with Crippen LogP contribution in [-0.4, -0.2) is 36.3 Å². The number of halogens is 1. The zero-order valence-electron chi connectivity index (χ0n) is 11.2. The molecular weight excluding hydrogens is 308 g/mol. The van der Waals surface area contributed by atoms with Crippen molar-refractivity contribution in [1.29, 1.82) is 0 Å². The second-order valence-corrected chi connectivity index (χ2v) is 6.31. The SMILES string of the molecule is Clc1c(-c2nc(N3CCNCC3)no2)sc2ccccc12. The topological polar surface area (TPSA) is 54.2 Å². The lowest BCUT2D eigenvalue weighted by atomic mass is 10.2. The molecule has 0 saturated carbocycles. The first kappa shape index (κ1) is 13.1. The maximum atomic E-state index is 6.45. The summed E-state index contributed by atoms with van der Waals surface area (Å²) >= 11 is 8.02. The standard InChI is InChI=1S/C14H13ClN4OS/c15-11-9-3-1-2-4-10(9)21-12(11)13-17-14(18-20-13)19-7-5-16-6-8-19/h1-4,16H,5-8H2. The summed E-state index contributed by atoms with van der Waals surface area (Å²) in [5.74, 6) is 1.13. The summed E-state index contributed by atoms with van der Waals surface area (Å²) < 4.78 is 6.54. The minimum Gasteiger partial charge on any atom is -0.336 e. The lowest BCUT2D eigenvalue weighted by molar-refractivity contribution is 0.428. The van der Waals surface area contributed by atoms with Crippen LogP contribution in [0.15, 0.2) is 28.8 Å². The molecule has 0 bridgehead atoms. The van der Waals surface area contributed by atoms with E-state index in [1.807, 2.05) is 24.3 Å². The van der Waals surface area contributed by atoms with Gasteiger partial charge in [-0.1, -0.05) is 29.8 Å². The highest BCUT2D eigenvalue weighted by Gasteiger charge is 2.21. The molecule has 1 fully saturated rings. The van der Waals surface area contributed by atoms with E-state index in [4.69, 9.17) is 16.1 Å². The molecule has 1 aliphatic rings. The zero-order valence-corrected chi connectivity index (χ0v) is 12.7. The fourth-order valence-corrected chi connectivity index (χ4v) is 3.89. The largest absolute Gasteiger partial charge is 0.336 e. The fraction of sp³-hybridized carbons (Fsp3) is 0.286. The van der Waals surface area contributed by atoms with Gasteiger partial charge in [-0.05, 0) is 11.2 Å². The Morgan fingerprint density at radius 3 is 2.86 bits per heavy atom. The van der Waals surface area contributed by atoms with Crippen molar-refractivity contribution in [3.8, 4) is 10.8 Å². The lowest BCUT2D eigenvalue weighted by Crippen LogP contribution is -2.44. The summed E-state index contributed by atoms with van der Waals surface area (Å²) in [7, 11) is 0. The molecule has 2 aromatic heterocycles. The summed E-state index contributed by atoms with van der Waals surface area (Å²) in [6, 6.07) is 8.03. The van der Waals surface area contributed by atoms with Crippen molar-refractivity contribution in [2.45, 2.75) is 0 Å². The van der Waals surface area contributed by atoms with Gasteiger partial charge in [0.15, 0.2) is 0 Å². The number of anilines is 1. The van der Waals surface area contributed by atoms with Crippen LogP contribution in [0.5, 0.6) is 0 Å². The number of benzene rings is 1. The molecule has 5 nitrogen and oxygen atoms in total. The molecule has 4 rings (SSSR count). The van der Waals surface area contributed by atoms with Crippen LogP contribution in [0.2, 0.25) is 5.02 Å². The Hall–Kier alpha value is -1.63. The van der Waals surface area contributed by atoms with Gasteiger partial charge in [-0.25, -0.2) is 0 Å². The predicted molar refractivity (Wildman–Crippen MR) is 85.2 cm³/mol. The van der Waals surface area contributed by atoms with Crippen molar-refractivity contribution >= 4 is 39.0 Å². The fourth-order valence-electron chi connectivity index (χ4n) is 2.45. The smallest absolute Gasteiger partial charge is 0.271 e. The van der Waals surface area contributed by atoms with E-state index in [-0.39, 0.29) is 0 Å². The van der Waals surface area contributed by atoms with Gasteiger partial charge in [0, 0.05) is 36.3 Å². The van der Waals surface area contributed by atoms with Crippen LogP contribution < -0.4 is 10.2 Å². The number of piperazine rings is 1. The molecule has 0 spiro atoms. The van der Waals surface area contributed by atoms with E-state index < -0.39 is 0 Å². The number of nitrogens with zero attached hydrogens (tertiary/aromatic N) is 3. The third-order valence-electron chi connectivity index (χ3n) is 3.54. The maximum absolute atomic E-state index is 6.45. The lowest BCUT2D eigenvalue weighted by Gasteiger charge is -2.25. The van der Waals surface area contributed by atoms with Crippen molar-refractivity contribution < 1.29 is 4.52 Å². The Balaban J connectivity index is 1.72. The number of nitrogens with one attached hydrogen (secondary N) is 1. The first-order valence-corrected chi connectivity index (χ1v) is 7.99. The van der Waals surface area contributed by atoms with E-state index in [0.717, 1.165) is 41.1 Å². The average molecular weight is 321 g/mol. The first-order chi connectivity index (χ1) is 10.3. The van der Waals surface area contributed by atoms with Crippen LogP contribution in [0, 0.1) is 0 Å². The van der Waals surface area contributed by atoms with Gasteiger partial charge < -0.3 is 14.7 Å². The second kappa shape index (κ2) is 5.29. The molecule has 3 heterocycles. The number of hydrogen-bond acceptors (Lipinski definition) is 6. The van der Waals surface area contributed by atoms with E-state index in [1.165, 1.54) is 0 Å². The molecule has 0 amide bonds. The molecule has 1 saturated heterocycles. The van der Waals surface area contributed by atoms with E-state index in [1.54, 1.807) is 11.3 Å². The summed E-state index contributed by atoms with van der Waals surface area (Å²) in [4.78, 5) is 7.46. The highest BCUT2D eigenvalue weighted by Crippen LogP contribution is 2.41. The molecule has 3 aromatic rings. The molecule has 1 N–H and O–H groups in total. The molecule has 0 atom stereocenters. The van der Waals surface area contributed by atoms with Crippen molar-refractivity contribution in [3.05, 3.63) is 29.3 Å². The molecule has 0 aliphatic carbocycles. The van der Waals surface area contributed by atoms with Crippen LogP contribution in [-0.2, 0) is 0 Å². The molecule has 7 heteroatoms. The number of aromatic nitrogens is 2. The normalized spacial score (nSPS) is 15.8. The van der Waals surface area contributed by atoms with Gasteiger partial charge in [0.1, 0.15) is 4.88 Å². The van der Waals surface area contributed by atoms with Gasteiger partial charge in [0.05, 0.1) is 5.02 Å². The minimum absolute atomic E-state index is 0.495. The van der Waals surface area contributed by atoms with Gasteiger partial charge in [0.2, 0.25) is 0 Å². The Labute approximate surface area is 130 Å².